The molecule has 0 heterocycles. The maximum absolute atomic E-state index is 13.1. The van der Waals surface area contributed by atoms with Crippen molar-refractivity contribution in [2.24, 2.45) is 5.73 Å². The van der Waals surface area contributed by atoms with E-state index >= 15 is 0 Å². The summed E-state index contributed by atoms with van der Waals surface area (Å²) in [6, 6.07) is 2.47. The number of nitrogens with two attached hydrogens (primary N) is 1. The number of rotatable bonds is 3. The summed E-state index contributed by atoms with van der Waals surface area (Å²) in [4.78, 5) is 10.5. The molecule has 0 atom stereocenters. The molecule has 1 aromatic rings. The van der Waals surface area contributed by atoms with E-state index in [9.17, 15) is 22.4 Å². The molecule has 0 aromatic heterocycles. The summed E-state index contributed by atoms with van der Waals surface area (Å²) in [7, 11) is 0. The van der Waals surface area contributed by atoms with Crippen molar-refractivity contribution < 1.29 is 27.1 Å². The van der Waals surface area contributed by atoms with Gasteiger partial charge < -0.3 is 10.5 Å². The Morgan fingerprint density at radius 2 is 2.00 bits per heavy atom. The number of benzene rings is 1. The Bertz CT molecular complexity index is 403. The minimum Gasteiger partial charge on any atom is -0.406 e. The fourth-order valence-corrected chi connectivity index (χ4v) is 1.06. The summed E-state index contributed by atoms with van der Waals surface area (Å²) >= 11 is 0. The molecule has 88 valence electrons. The van der Waals surface area contributed by atoms with Crippen LogP contribution in [0.3, 0.4) is 0 Å². The van der Waals surface area contributed by atoms with Crippen molar-refractivity contribution in [1.82, 2.24) is 0 Å². The maximum Gasteiger partial charge on any atom is 0.573 e. The monoisotopic (exact) mass is 237 g/mol. The summed E-state index contributed by atoms with van der Waals surface area (Å²) in [5.41, 5.74) is 4.73. The lowest BCUT2D eigenvalue weighted by Crippen LogP contribution is -2.18. The smallest absolute Gasteiger partial charge is 0.406 e. The molecule has 0 aliphatic heterocycles. The van der Waals surface area contributed by atoms with E-state index in [-0.39, 0.29) is 12.0 Å². The van der Waals surface area contributed by atoms with E-state index < -0.39 is 23.8 Å². The molecule has 1 amide bonds. The molecule has 2 N–H and O–H groups in total. The predicted molar refractivity (Wildman–Crippen MR) is 46.0 cm³/mol. The highest BCUT2D eigenvalue weighted by molar-refractivity contribution is 5.76. The lowest BCUT2D eigenvalue weighted by Gasteiger charge is -2.09. The normalized spacial score (nSPS) is 11.2. The summed E-state index contributed by atoms with van der Waals surface area (Å²) in [6.07, 6.45) is -5.25. The lowest BCUT2D eigenvalue weighted by atomic mass is 10.1. The van der Waals surface area contributed by atoms with Gasteiger partial charge in [0.05, 0.1) is 6.42 Å². The molecule has 0 saturated carbocycles. The molecule has 3 nitrogen and oxygen atoms in total. The summed E-state index contributed by atoms with van der Waals surface area (Å²) in [5.74, 6) is -2.43. The van der Waals surface area contributed by atoms with Crippen molar-refractivity contribution in [2.75, 3.05) is 0 Å². The number of hydrogen-bond acceptors (Lipinski definition) is 2. The van der Waals surface area contributed by atoms with Gasteiger partial charge in [0, 0.05) is 6.07 Å². The molecule has 16 heavy (non-hydrogen) atoms. The molecule has 0 bridgehead atoms. The first-order valence-corrected chi connectivity index (χ1v) is 4.10. The zero-order chi connectivity index (χ0) is 12.3. The van der Waals surface area contributed by atoms with Crippen LogP contribution in [-0.4, -0.2) is 12.3 Å². The summed E-state index contributed by atoms with van der Waals surface area (Å²) in [5, 5.41) is 0. The number of halogens is 4. The van der Waals surface area contributed by atoms with Crippen LogP contribution in [0, 0.1) is 5.82 Å². The van der Waals surface area contributed by atoms with Gasteiger partial charge >= 0.3 is 6.36 Å². The van der Waals surface area contributed by atoms with E-state index in [4.69, 9.17) is 5.73 Å². The second-order valence-electron chi connectivity index (χ2n) is 2.94. The van der Waals surface area contributed by atoms with Gasteiger partial charge in [0.1, 0.15) is 11.6 Å². The molecule has 0 unspecified atom stereocenters. The molecule has 1 rings (SSSR count). The van der Waals surface area contributed by atoms with Gasteiger partial charge in [-0.1, -0.05) is 6.07 Å². The number of carbonyl (C=O) groups is 1. The van der Waals surface area contributed by atoms with E-state index in [1.54, 1.807) is 0 Å². The number of hydrogen-bond donors (Lipinski definition) is 1. The fourth-order valence-electron chi connectivity index (χ4n) is 1.06. The third-order valence-electron chi connectivity index (χ3n) is 1.62. The average Bonchev–Trinajstić information content (AvgIpc) is 2.06. The van der Waals surface area contributed by atoms with E-state index in [1.807, 2.05) is 0 Å². The quantitative estimate of drug-likeness (QED) is 0.814. The van der Waals surface area contributed by atoms with Crippen LogP contribution in [0.5, 0.6) is 5.75 Å². The molecule has 0 radical (unpaired) electrons. The predicted octanol–water partition coefficient (Wildman–Crippen LogP) is 1.75. The van der Waals surface area contributed by atoms with Crippen molar-refractivity contribution in [3.05, 3.63) is 29.6 Å². The lowest BCUT2D eigenvalue weighted by molar-refractivity contribution is -0.274. The largest absolute Gasteiger partial charge is 0.573 e. The van der Waals surface area contributed by atoms with E-state index in [0.717, 1.165) is 12.1 Å². The van der Waals surface area contributed by atoms with Crippen molar-refractivity contribution in [2.45, 2.75) is 12.8 Å². The molecule has 1 aromatic carbocycles. The molecule has 0 aliphatic rings. The first kappa shape index (κ1) is 12.3. The Morgan fingerprint density at radius 1 is 1.38 bits per heavy atom. The molecule has 0 aliphatic carbocycles. The van der Waals surface area contributed by atoms with Gasteiger partial charge in [0.2, 0.25) is 5.91 Å². The average molecular weight is 237 g/mol. The topological polar surface area (TPSA) is 52.3 Å². The third-order valence-corrected chi connectivity index (χ3v) is 1.62. The summed E-state index contributed by atoms with van der Waals surface area (Å²) in [6.45, 7) is 0. The number of amides is 1. The van der Waals surface area contributed by atoms with Crippen LogP contribution in [0.15, 0.2) is 18.2 Å². The molecule has 0 fully saturated rings. The molecule has 0 saturated heterocycles. The standard InChI is InChI=1S/C9H7F4NO2/c10-7-4-6(16-9(11,12)13)2-1-5(7)3-8(14)15/h1-2,4H,3H2,(H2,14,15). The van der Waals surface area contributed by atoms with Gasteiger partial charge in [-0.05, 0) is 11.6 Å². The maximum atomic E-state index is 13.1. The third kappa shape index (κ3) is 3.76. The van der Waals surface area contributed by atoms with Crippen LogP contribution in [0.25, 0.3) is 0 Å². The van der Waals surface area contributed by atoms with Crippen LogP contribution < -0.4 is 10.5 Å². The number of carbonyl (C=O) groups excluding carboxylic acids is 1. The minimum atomic E-state index is -4.88. The number of primary amides is 1. The minimum absolute atomic E-state index is 0.0815. The molecular weight excluding hydrogens is 230 g/mol. The highest BCUT2D eigenvalue weighted by Gasteiger charge is 2.31. The molecule has 0 spiro atoms. The fraction of sp³-hybridized carbons (Fsp3) is 0.222. The van der Waals surface area contributed by atoms with Crippen LogP contribution in [0.4, 0.5) is 17.6 Å². The van der Waals surface area contributed by atoms with Crippen LogP contribution >= 0.6 is 0 Å². The summed E-state index contributed by atoms with van der Waals surface area (Å²) < 4.78 is 51.9. The van der Waals surface area contributed by atoms with Crippen LogP contribution in [-0.2, 0) is 11.2 Å². The highest BCUT2D eigenvalue weighted by Crippen LogP contribution is 2.24. The van der Waals surface area contributed by atoms with E-state index in [0.29, 0.717) is 6.07 Å². The zero-order valence-electron chi connectivity index (χ0n) is 7.84. The zero-order valence-corrected chi connectivity index (χ0v) is 7.84. The Morgan fingerprint density at radius 3 is 2.44 bits per heavy atom. The van der Waals surface area contributed by atoms with Crippen LogP contribution in [0.1, 0.15) is 5.56 Å². The van der Waals surface area contributed by atoms with Gasteiger partial charge in [0.25, 0.3) is 0 Å². The van der Waals surface area contributed by atoms with Gasteiger partial charge in [0.15, 0.2) is 0 Å². The van der Waals surface area contributed by atoms with Gasteiger partial charge in [-0.15, -0.1) is 13.2 Å². The first-order valence-electron chi connectivity index (χ1n) is 4.10. The van der Waals surface area contributed by atoms with Gasteiger partial charge in [-0.3, -0.25) is 4.79 Å². The first-order chi connectivity index (χ1) is 7.28. The van der Waals surface area contributed by atoms with Crippen LogP contribution in [0.2, 0.25) is 0 Å². The van der Waals surface area contributed by atoms with E-state index in [1.165, 1.54) is 0 Å². The van der Waals surface area contributed by atoms with Crippen molar-refractivity contribution in [3.8, 4) is 5.75 Å². The second-order valence-corrected chi connectivity index (χ2v) is 2.94. The van der Waals surface area contributed by atoms with Crippen molar-refractivity contribution in [1.29, 1.82) is 0 Å². The van der Waals surface area contributed by atoms with Gasteiger partial charge in [-0.2, -0.15) is 0 Å². The van der Waals surface area contributed by atoms with E-state index in [2.05, 4.69) is 4.74 Å². The Hall–Kier alpha value is -1.79. The van der Waals surface area contributed by atoms with Crippen molar-refractivity contribution >= 4 is 5.91 Å². The Kier molecular flexibility index (Phi) is 3.36. The Balaban J connectivity index is 2.87. The number of alkyl halides is 3. The highest BCUT2D eigenvalue weighted by atomic mass is 19.4. The number of ether oxygens (including phenoxy) is 1. The SMILES string of the molecule is NC(=O)Cc1ccc(OC(F)(F)F)cc1F. The molecule has 7 heteroatoms. The molecular formula is C9H7F4NO2. The Labute approximate surface area is 87.8 Å². The van der Waals surface area contributed by atoms with Gasteiger partial charge in [-0.25, -0.2) is 4.39 Å². The second kappa shape index (κ2) is 4.38. The van der Waals surface area contributed by atoms with Crippen molar-refractivity contribution in [3.63, 3.8) is 0 Å².